The van der Waals surface area contributed by atoms with Gasteiger partial charge in [0.15, 0.2) is 0 Å². The third-order valence-corrected chi connectivity index (χ3v) is 8.66. The SMILES string of the molecule is C#CC(=O)O.C#CC(=O)O.CC1C2=C(CCC[CH-]2)C2=C1CCCC2.CC1C2=C(CCC[CH-]2)C2=C1CCCC2.[Cl-].[Cl-].[Ti].[Ti]. The van der Waals surface area contributed by atoms with Crippen LogP contribution in [0, 0.1) is 49.4 Å². The van der Waals surface area contributed by atoms with Gasteiger partial charge in [0.1, 0.15) is 0 Å². The van der Waals surface area contributed by atoms with Gasteiger partial charge in [-0.15, -0.1) is 36.8 Å². The summed E-state index contributed by atoms with van der Waals surface area (Å²) in [5.41, 5.74) is 14.1. The van der Waals surface area contributed by atoms with E-state index in [1.54, 1.807) is 44.6 Å². The zero-order valence-corrected chi connectivity index (χ0v) is 29.5. The van der Waals surface area contributed by atoms with E-state index in [1.807, 2.05) is 0 Å². The Balaban J connectivity index is 0. The molecule has 0 bridgehead atoms. The van der Waals surface area contributed by atoms with Crippen LogP contribution >= 0.6 is 0 Å². The summed E-state index contributed by atoms with van der Waals surface area (Å²) in [6, 6.07) is 0. The Labute approximate surface area is 295 Å². The molecule has 228 valence electrons. The largest absolute Gasteiger partial charge is 1.00 e. The molecule has 2 N–H and O–H groups in total. The molecule has 8 heteroatoms. The fraction of sp³-hybridized carbons (Fsp3) is 0.529. The number of carboxylic acids is 2. The second kappa shape index (κ2) is 21.5. The first-order chi connectivity index (χ1) is 18.3. The van der Waals surface area contributed by atoms with Crippen molar-refractivity contribution in [3.05, 3.63) is 57.4 Å². The molecule has 0 fully saturated rings. The van der Waals surface area contributed by atoms with Crippen LogP contribution in [0.2, 0.25) is 0 Å². The minimum absolute atomic E-state index is 0. The first kappa shape index (κ1) is 42.9. The van der Waals surface area contributed by atoms with Gasteiger partial charge in [0.2, 0.25) is 0 Å². The molecule has 0 aromatic heterocycles. The van der Waals surface area contributed by atoms with Gasteiger partial charge in [-0.05, 0) is 50.4 Å². The summed E-state index contributed by atoms with van der Waals surface area (Å²) < 4.78 is 0. The molecular formula is C34H42Cl2O4Ti2-4. The number of carboxylic acid groups (broad SMARTS) is 2. The number of hydrogen-bond acceptors (Lipinski definition) is 2. The molecule has 0 aromatic carbocycles. The van der Waals surface area contributed by atoms with E-state index in [9.17, 15) is 0 Å². The molecule has 0 saturated carbocycles. The van der Waals surface area contributed by atoms with Crippen molar-refractivity contribution in [2.45, 2.75) is 104 Å². The molecule has 4 nitrogen and oxygen atoms in total. The Bertz CT molecular complexity index is 997. The summed E-state index contributed by atoms with van der Waals surface area (Å²) >= 11 is 0. The maximum Gasteiger partial charge on any atom is 0.381 e. The van der Waals surface area contributed by atoms with Crippen molar-refractivity contribution < 1.29 is 88.1 Å². The zero-order chi connectivity index (χ0) is 27.7. The first-order valence-electron chi connectivity index (χ1n) is 14.3. The molecule has 0 radical (unpaired) electrons. The van der Waals surface area contributed by atoms with E-state index in [1.165, 1.54) is 102 Å². The van der Waals surface area contributed by atoms with Crippen LogP contribution in [-0.4, -0.2) is 22.2 Å². The minimum atomic E-state index is -1.22. The fourth-order valence-electron chi connectivity index (χ4n) is 7.01. The number of carbonyl (C=O) groups is 2. The monoisotopic (exact) mass is 680 g/mol. The predicted octanol–water partition coefficient (Wildman–Crippen LogP) is 1.79. The van der Waals surface area contributed by atoms with Crippen LogP contribution in [0.1, 0.15) is 104 Å². The Hall–Kier alpha value is -1.23. The van der Waals surface area contributed by atoms with Crippen LogP contribution in [0.3, 0.4) is 0 Å². The molecule has 0 amide bonds. The third kappa shape index (κ3) is 11.0. The summed E-state index contributed by atoms with van der Waals surface area (Å²) in [6.45, 7) is 4.84. The number of fused-ring (bicyclic) bond motifs is 2. The summed E-state index contributed by atoms with van der Waals surface area (Å²) in [5.74, 6) is 2.01. The third-order valence-electron chi connectivity index (χ3n) is 8.66. The molecule has 6 aliphatic rings. The van der Waals surface area contributed by atoms with E-state index in [4.69, 9.17) is 19.8 Å². The van der Waals surface area contributed by atoms with Gasteiger partial charge in [-0.3, -0.25) is 0 Å². The van der Waals surface area contributed by atoms with Crippen molar-refractivity contribution in [1.29, 1.82) is 0 Å². The van der Waals surface area contributed by atoms with Gasteiger partial charge in [0.25, 0.3) is 0 Å². The molecule has 0 spiro atoms. The van der Waals surface area contributed by atoms with Gasteiger partial charge in [0.05, 0.1) is 0 Å². The summed E-state index contributed by atoms with van der Waals surface area (Å²) in [5, 5.41) is 15.0. The standard InChI is InChI=1S/2C14H19.2C3H2O2.2ClH.2Ti/c2*1-10-11-6-2-4-8-13(11)14-9-5-3-7-12(10)14;2*1-2-3(4)5;;;;/h2*6,10H,2-5,7-9H2,1H3;2*1H,(H,4,5);2*1H;;/q2*-1;;;;;;/p-2. The van der Waals surface area contributed by atoms with Crippen LogP contribution in [0.5, 0.6) is 0 Å². The summed E-state index contributed by atoms with van der Waals surface area (Å²) in [6.07, 6.45) is 33.1. The molecule has 0 saturated heterocycles. The van der Waals surface area contributed by atoms with Gasteiger partial charge in [-0.2, -0.15) is 11.1 Å². The number of aliphatic carboxylic acids is 2. The quantitative estimate of drug-likeness (QED) is 0.233. The molecule has 0 aliphatic heterocycles. The Morgan fingerprint density at radius 3 is 1.21 bits per heavy atom. The van der Waals surface area contributed by atoms with Crippen molar-refractivity contribution in [2.75, 3.05) is 0 Å². The molecule has 2 atom stereocenters. The zero-order valence-electron chi connectivity index (χ0n) is 24.8. The average molecular weight is 681 g/mol. The van der Waals surface area contributed by atoms with E-state index < -0.39 is 11.9 Å². The van der Waals surface area contributed by atoms with Gasteiger partial charge >= 0.3 is 11.9 Å². The van der Waals surface area contributed by atoms with E-state index in [2.05, 4.69) is 39.5 Å². The van der Waals surface area contributed by atoms with Gasteiger partial charge in [0, 0.05) is 55.3 Å². The average Bonchev–Trinajstić information content (AvgIpc) is 3.42. The normalized spacial score (nSPS) is 22.2. The molecule has 0 aromatic rings. The molecule has 6 aliphatic carbocycles. The van der Waals surface area contributed by atoms with Crippen molar-refractivity contribution in [1.82, 2.24) is 0 Å². The number of halogens is 2. The van der Waals surface area contributed by atoms with E-state index in [0.717, 1.165) is 11.8 Å². The van der Waals surface area contributed by atoms with Crippen molar-refractivity contribution >= 4 is 11.9 Å². The van der Waals surface area contributed by atoms with Crippen LogP contribution in [-0.2, 0) is 53.0 Å². The van der Waals surface area contributed by atoms with Crippen molar-refractivity contribution in [3.63, 3.8) is 0 Å². The van der Waals surface area contributed by atoms with Crippen LogP contribution < -0.4 is 24.8 Å². The van der Waals surface area contributed by atoms with E-state index >= 15 is 0 Å². The molecule has 0 heterocycles. The van der Waals surface area contributed by atoms with Crippen molar-refractivity contribution in [2.24, 2.45) is 11.8 Å². The minimum Gasteiger partial charge on any atom is -1.00 e. The number of allylic oxidation sites excluding steroid dienone is 8. The van der Waals surface area contributed by atoms with Crippen molar-refractivity contribution in [3.8, 4) is 24.7 Å². The second-order valence-corrected chi connectivity index (χ2v) is 10.8. The second-order valence-electron chi connectivity index (χ2n) is 10.8. The molecular weight excluding hydrogens is 639 g/mol. The van der Waals surface area contributed by atoms with Gasteiger partial charge < -0.3 is 35.0 Å². The maximum absolute atomic E-state index is 9.13. The van der Waals surface area contributed by atoms with E-state index in [0.29, 0.717) is 0 Å². The number of terminal acetylenes is 2. The van der Waals surface area contributed by atoms with Gasteiger partial charge in [-0.25, -0.2) is 33.6 Å². The number of rotatable bonds is 0. The molecule has 6 rings (SSSR count). The Kier molecular flexibility index (Phi) is 21.9. The Morgan fingerprint density at radius 1 is 0.619 bits per heavy atom. The smallest absolute Gasteiger partial charge is 0.381 e. The summed E-state index contributed by atoms with van der Waals surface area (Å²) in [4.78, 5) is 18.3. The predicted molar refractivity (Wildman–Crippen MR) is 153 cm³/mol. The first-order valence-corrected chi connectivity index (χ1v) is 14.3. The van der Waals surface area contributed by atoms with E-state index in [-0.39, 0.29) is 68.2 Å². The summed E-state index contributed by atoms with van der Waals surface area (Å²) in [7, 11) is 0. The topological polar surface area (TPSA) is 74.6 Å². The number of hydrogen-bond donors (Lipinski definition) is 2. The van der Waals surface area contributed by atoms with Crippen LogP contribution in [0.4, 0.5) is 0 Å². The van der Waals surface area contributed by atoms with Crippen LogP contribution in [0.15, 0.2) is 44.6 Å². The van der Waals surface area contributed by atoms with Gasteiger partial charge in [-0.1, -0.05) is 63.5 Å². The fourth-order valence-corrected chi connectivity index (χ4v) is 7.01. The Morgan fingerprint density at radius 2 is 0.905 bits per heavy atom. The maximum atomic E-state index is 9.13. The molecule has 2 unspecified atom stereocenters. The van der Waals surface area contributed by atoms with Crippen LogP contribution in [0.25, 0.3) is 0 Å². The molecule has 42 heavy (non-hydrogen) atoms.